The number of hydrogen-bond acceptors (Lipinski definition) is 4. The second-order valence-electron chi connectivity index (χ2n) is 2.72. The fourth-order valence-electron chi connectivity index (χ4n) is 1.14. The molecule has 64 valence electrons. The van der Waals surface area contributed by atoms with Crippen molar-refractivity contribution in [2.24, 2.45) is 0 Å². The first-order valence-electron chi connectivity index (χ1n) is 3.60. The Hall–Kier alpha value is -0.610. The lowest BCUT2D eigenvalue weighted by Crippen LogP contribution is -2.25. The zero-order valence-electron chi connectivity index (χ0n) is 6.61. The maximum absolute atomic E-state index is 10.5. The molecule has 1 N–H and O–H groups in total. The Kier molecular flexibility index (Phi) is 2.46. The Bertz CT molecular complexity index is 157. The monoisotopic (exact) mass is 160 g/mol. The Balaban J connectivity index is 2.40. The van der Waals surface area contributed by atoms with Crippen LogP contribution in [0.15, 0.2) is 0 Å². The molecule has 0 amide bonds. The van der Waals surface area contributed by atoms with E-state index in [2.05, 4.69) is 0 Å². The summed E-state index contributed by atoms with van der Waals surface area (Å²) in [6, 6.07) is 0. The van der Waals surface area contributed by atoms with Gasteiger partial charge in [-0.2, -0.15) is 0 Å². The van der Waals surface area contributed by atoms with Crippen LogP contribution in [0.1, 0.15) is 20.3 Å². The molecular formula is C7H12O4. The number of carbonyl (C=O) groups excluding carboxylic acids is 1. The predicted molar refractivity (Wildman–Crippen MR) is 36.7 cm³/mol. The van der Waals surface area contributed by atoms with Crippen LogP contribution in [0, 0.1) is 0 Å². The maximum atomic E-state index is 10.5. The molecule has 1 fully saturated rings. The quantitative estimate of drug-likeness (QED) is 0.550. The summed E-state index contributed by atoms with van der Waals surface area (Å²) in [5, 5.41) is 9.11. The van der Waals surface area contributed by atoms with Crippen LogP contribution < -0.4 is 0 Å². The Morgan fingerprint density at radius 3 is 2.73 bits per heavy atom. The van der Waals surface area contributed by atoms with Crippen LogP contribution in [0.3, 0.4) is 0 Å². The zero-order valence-corrected chi connectivity index (χ0v) is 6.61. The van der Waals surface area contributed by atoms with Crippen LogP contribution >= 0.6 is 0 Å². The molecule has 0 unspecified atom stereocenters. The van der Waals surface area contributed by atoms with Gasteiger partial charge in [0.25, 0.3) is 0 Å². The maximum Gasteiger partial charge on any atom is 0.303 e. The number of aliphatic hydroxyl groups excluding tert-OH is 1. The van der Waals surface area contributed by atoms with Crippen molar-refractivity contribution in [2.45, 2.75) is 38.8 Å². The van der Waals surface area contributed by atoms with E-state index in [0.717, 1.165) is 0 Å². The molecule has 0 spiro atoms. The molecular weight excluding hydrogens is 148 g/mol. The first-order valence-corrected chi connectivity index (χ1v) is 3.60. The average Bonchev–Trinajstić information content (AvgIpc) is 2.09. The minimum atomic E-state index is -0.950. The number of hydrogen-bond donors (Lipinski definition) is 1. The van der Waals surface area contributed by atoms with Crippen molar-refractivity contribution in [3.05, 3.63) is 0 Å². The second-order valence-corrected chi connectivity index (χ2v) is 2.72. The van der Waals surface area contributed by atoms with Gasteiger partial charge in [-0.1, -0.05) is 0 Å². The number of carbonyl (C=O) groups is 1. The molecule has 0 saturated carbocycles. The van der Waals surface area contributed by atoms with Crippen LogP contribution in [0.5, 0.6) is 0 Å². The first-order chi connectivity index (χ1) is 5.09. The van der Waals surface area contributed by atoms with Crippen LogP contribution in [0.25, 0.3) is 0 Å². The van der Waals surface area contributed by atoms with Crippen LogP contribution in [-0.2, 0) is 14.3 Å². The minimum absolute atomic E-state index is 0.0330. The Morgan fingerprint density at radius 1 is 1.73 bits per heavy atom. The van der Waals surface area contributed by atoms with E-state index in [1.54, 1.807) is 0 Å². The highest BCUT2D eigenvalue weighted by Gasteiger charge is 2.33. The summed E-state index contributed by atoms with van der Waals surface area (Å²) >= 11 is 0. The largest absolute Gasteiger partial charge is 0.457 e. The van der Waals surface area contributed by atoms with Crippen LogP contribution in [0.2, 0.25) is 0 Å². The highest BCUT2D eigenvalue weighted by molar-refractivity contribution is 5.66. The van der Waals surface area contributed by atoms with Gasteiger partial charge in [0.15, 0.2) is 12.4 Å². The van der Waals surface area contributed by atoms with Gasteiger partial charge < -0.3 is 14.6 Å². The molecule has 11 heavy (non-hydrogen) atoms. The van der Waals surface area contributed by atoms with Crippen molar-refractivity contribution in [1.82, 2.24) is 0 Å². The predicted octanol–water partition coefficient (Wildman–Crippen LogP) is 0.0453. The average molecular weight is 160 g/mol. The molecule has 0 aromatic heterocycles. The van der Waals surface area contributed by atoms with E-state index in [0.29, 0.717) is 6.42 Å². The second kappa shape index (κ2) is 3.19. The summed E-state index contributed by atoms with van der Waals surface area (Å²) in [4.78, 5) is 10.5. The summed E-state index contributed by atoms with van der Waals surface area (Å²) in [5.41, 5.74) is 0. The smallest absolute Gasteiger partial charge is 0.303 e. The molecule has 4 nitrogen and oxygen atoms in total. The molecule has 0 bridgehead atoms. The van der Waals surface area contributed by atoms with Gasteiger partial charge in [0.1, 0.15) is 0 Å². The summed E-state index contributed by atoms with van der Waals surface area (Å²) in [6.45, 7) is 3.14. The van der Waals surface area contributed by atoms with Gasteiger partial charge in [0.05, 0.1) is 6.10 Å². The van der Waals surface area contributed by atoms with Crippen molar-refractivity contribution in [3.8, 4) is 0 Å². The first kappa shape index (κ1) is 8.49. The summed E-state index contributed by atoms with van der Waals surface area (Å²) < 4.78 is 9.73. The SMILES string of the molecule is CC(=O)O[C@@H]1C[C@@H](C)O[C@H]1O. The summed E-state index contributed by atoms with van der Waals surface area (Å²) in [7, 11) is 0. The molecule has 0 aromatic rings. The van der Waals surface area contributed by atoms with Crippen molar-refractivity contribution >= 4 is 5.97 Å². The van der Waals surface area contributed by atoms with Crippen LogP contribution in [-0.4, -0.2) is 29.6 Å². The van der Waals surface area contributed by atoms with Gasteiger partial charge in [-0.3, -0.25) is 4.79 Å². The van der Waals surface area contributed by atoms with Gasteiger partial charge >= 0.3 is 5.97 Å². The molecule has 1 saturated heterocycles. The fourth-order valence-corrected chi connectivity index (χ4v) is 1.14. The molecule has 1 rings (SSSR count). The van der Waals surface area contributed by atoms with Gasteiger partial charge in [0.2, 0.25) is 0 Å². The third kappa shape index (κ3) is 2.17. The van der Waals surface area contributed by atoms with Crippen LogP contribution in [0.4, 0.5) is 0 Å². The number of ether oxygens (including phenoxy) is 2. The van der Waals surface area contributed by atoms with Crippen molar-refractivity contribution in [3.63, 3.8) is 0 Å². The van der Waals surface area contributed by atoms with Gasteiger partial charge in [-0.15, -0.1) is 0 Å². The fraction of sp³-hybridized carbons (Fsp3) is 0.857. The molecule has 0 aliphatic carbocycles. The molecule has 1 aliphatic rings. The van der Waals surface area contributed by atoms with E-state index >= 15 is 0 Å². The van der Waals surface area contributed by atoms with Crippen molar-refractivity contribution in [2.75, 3.05) is 0 Å². The molecule has 0 radical (unpaired) electrons. The molecule has 3 atom stereocenters. The standard InChI is InChI=1S/C7H12O4/c1-4-3-6(7(9)10-4)11-5(2)8/h4,6-7,9H,3H2,1-2H3/t4-,6-,7-/m1/s1. The normalized spacial score (nSPS) is 37.2. The Morgan fingerprint density at radius 2 is 2.36 bits per heavy atom. The van der Waals surface area contributed by atoms with E-state index in [-0.39, 0.29) is 12.1 Å². The van der Waals surface area contributed by atoms with Gasteiger partial charge in [-0.25, -0.2) is 0 Å². The lowest BCUT2D eigenvalue weighted by Gasteiger charge is -2.11. The topological polar surface area (TPSA) is 55.8 Å². The number of aliphatic hydroxyl groups is 1. The Labute approximate surface area is 65.1 Å². The van der Waals surface area contributed by atoms with E-state index in [4.69, 9.17) is 14.6 Å². The third-order valence-corrected chi connectivity index (χ3v) is 1.57. The zero-order chi connectivity index (χ0) is 8.43. The highest BCUT2D eigenvalue weighted by atomic mass is 16.7. The van der Waals surface area contributed by atoms with Crippen molar-refractivity contribution in [1.29, 1.82) is 0 Å². The highest BCUT2D eigenvalue weighted by Crippen LogP contribution is 2.20. The number of rotatable bonds is 1. The lowest BCUT2D eigenvalue weighted by atomic mass is 10.2. The van der Waals surface area contributed by atoms with E-state index in [1.807, 2.05) is 6.92 Å². The van der Waals surface area contributed by atoms with Gasteiger partial charge in [0, 0.05) is 13.3 Å². The molecule has 4 heteroatoms. The summed E-state index contributed by atoms with van der Waals surface area (Å²) in [6.07, 6.45) is -0.897. The molecule has 0 aromatic carbocycles. The lowest BCUT2D eigenvalue weighted by molar-refractivity contribution is -0.166. The molecule has 1 heterocycles. The third-order valence-electron chi connectivity index (χ3n) is 1.57. The van der Waals surface area contributed by atoms with E-state index in [9.17, 15) is 4.79 Å². The number of esters is 1. The minimum Gasteiger partial charge on any atom is -0.457 e. The van der Waals surface area contributed by atoms with Gasteiger partial charge in [-0.05, 0) is 6.92 Å². The van der Waals surface area contributed by atoms with E-state index in [1.165, 1.54) is 6.92 Å². The summed E-state index contributed by atoms with van der Waals surface area (Å²) in [5.74, 6) is -0.383. The molecule has 1 aliphatic heterocycles. The van der Waals surface area contributed by atoms with Crippen molar-refractivity contribution < 1.29 is 19.4 Å². The van der Waals surface area contributed by atoms with E-state index < -0.39 is 12.4 Å².